The van der Waals surface area contributed by atoms with Gasteiger partial charge in [0, 0.05) is 36.8 Å². The highest BCUT2D eigenvalue weighted by Gasteiger charge is 2.24. The third kappa shape index (κ3) is 4.38. The van der Waals surface area contributed by atoms with Crippen LogP contribution < -0.4 is 4.90 Å². The summed E-state index contributed by atoms with van der Waals surface area (Å²) < 4.78 is 2.60. The maximum atomic E-state index is 2.50. The minimum absolute atomic E-state index is 1.13. The molecule has 0 saturated carbocycles. The van der Waals surface area contributed by atoms with Gasteiger partial charge in [0.2, 0.25) is 0 Å². The maximum absolute atomic E-state index is 2.50. The molecule has 0 bridgehead atoms. The zero-order valence-corrected chi connectivity index (χ0v) is 25.9. The zero-order valence-electron chi connectivity index (χ0n) is 25.1. The van der Waals surface area contributed by atoms with Crippen molar-refractivity contribution in [2.75, 3.05) is 4.90 Å². The lowest BCUT2D eigenvalue weighted by molar-refractivity contribution is 1.31. The highest BCUT2D eigenvalue weighted by atomic mass is 32.1. The SMILES string of the molecule is c1ccc(-c2ccccc2N(c2ccc(-c3cccc4ccccc34)cc2)c2c3ccccc3cc3sc4ccccc4c23)cc1. The smallest absolute Gasteiger partial charge is 0.0633 e. The minimum atomic E-state index is 1.13. The van der Waals surface area contributed by atoms with Crippen molar-refractivity contribution in [2.45, 2.75) is 0 Å². The van der Waals surface area contributed by atoms with E-state index in [0.29, 0.717) is 0 Å². The first kappa shape index (κ1) is 26.7. The molecule has 0 aliphatic rings. The molecule has 0 N–H and O–H groups in total. The Bertz CT molecular complexity index is 2520. The van der Waals surface area contributed by atoms with Crippen LogP contribution in [0.2, 0.25) is 0 Å². The monoisotopic (exact) mass is 603 g/mol. The molecule has 0 atom stereocenters. The molecule has 1 heterocycles. The summed E-state index contributed by atoms with van der Waals surface area (Å²) in [6.07, 6.45) is 0. The van der Waals surface area contributed by atoms with Crippen molar-refractivity contribution in [3.05, 3.63) is 176 Å². The zero-order chi connectivity index (χ0) is 30.5. The van der Waals surface area contributed by atoms with E-state index in [2.05, 4.69) is 181 Å². The van der Waals surface area contributed by atoms with E-state index in [1.54, 1.807) is 0 Å². The van der Waals surface area contributed by atoms with Gasteiger partial charge < -0.3 is 4.90 Å². The lowest BCUT2D eigenvalue weighted by atomic mass is 9.96. The minimum Gasteiger partial charge on any atom is -0.309 e. The lowest BCUT2D eigenvalue weighted by Crippen LogP contribution is -2.12. The highest BCUT2D eigenvalue weighted by molar-refractivity contribution is 7.26. The number of benzene rings is 8. The summed E-state index contributed by atoms with van der Waals surface area (Å²) in [6.45, 7) is 0. The number of hydrogen-bond acceptors (Lipinski definition) is 2. The van der Waals surface area contributed by atoms with E-state index in [9.17, 15) is 0 Å². The van der Waals surface area contributed by atoms with Crippen LogP contribution in [0.5, 0.6) is 0 Å². The first-order valence-electron chi connectivity index (χ1n) is 15.7. The number of anilines is 3. The number of fused-ring (bicyclic) bond motifs is 5. The van der Waals surface area contributed by atoms with Crippen LogP contribution in [0.3, 0.4) is 0 Å². The number of para-hydroxylation sites is 1. The van der Waals surface area contributed by atoms with E-state index in [-0.39, 0.29) is 0 Å². The Morgan fingerprint density at radius 2 is 1.00 bits per heavy atom. The quantitative estimate of drug-likeness (QED) is 0.189. The van der Waals surface area contributed by atoms with Crippen LogP contribution in [0.15, 0.2) is 176 Å². The second-order valence-electron chi connectivity index (χ2n) is 11.7. The van der Waals surface area contributed by atoms with Gasteiger partial charge in [-0.05, 0) is 63.2 Å². The van der Waals surface area contributed by atoms with Gasteiger partial charge in [-0.2, -0.15) is 0 Å². The fourth-order valence-corrected chi connectivity index (χ4v) is 8.10. The molecule has 0 spiro atoms. The molecule has 9 rings (SSSR count). The maximum Gasteiger partial charge on any atom is 0.0633 e. The van der Waals surface area contributed by atoms with Crippen molar-refractivity contribution < 1.29 is 0 Å². The molecule has 46 heavy (non-hydrogen) atoms. The molecule has 0 aliphatic carbocycles. The average Bonchev–Trinajstić information content (AvgIpc) is 3.50. The van der Waals surface area contributed by atoms with Crippen LogP contribution in [-0.4, -0.2) is 0 Å². The molecule has 9 aromatic rings. The molecule has 0 radical (unpaired) electrons. The van der Waals surface area contributed by atoms with Crippen LogP contribution in [0.1, 0.15) is 0 Å². The van der Waals surface area contributed by atoms with Gasteiger partial charge in [-0.25, -0.2) is 0 Å². The second-order valence-corrected chi connectivity index (χ2v) is 12.8. The van der Waals surface area contributed by atoms with Crippen LogP contribution in [0.4, 0.5) is 17.1 Å². The van der Waals surface area contributed by atoms with Crippen molar-refractivity contribution >= 4 is 70.1 Å². The third-order valence-electron chi connectivity index (χ3n) is 9.04. The van der Waals surface area contributed by atoms with Crippen LogP contribution in [0, 0.1) is 0 Å². The molecule has 0 unspecified atom stereocenters. The average molecular weight is 604 g/mol. The highest BCUT2D eigenvalue weighted by Crippen LogP contribution is 2.50. The molecule has 2 heteroatoms. The van der Waals surface area contributed by atoms with Gasteiger partial charge in [-0.3, -0.25) is 0 Å². The molecule has 0 amide bonds. The fourth-order valence-electron chi connectivity index (χ4n) is 6.94. The first-order valence-corrected chi connectivity index (χ1v) is 16.5. The lowest BCUT2D eigenvalue weighted by Gasteiger charge is -2.30. The van der Waals surface area contributed by atoms with Crippen molar-refractivity contribution in [3.63, 3.8) is 0 Å². The van der Waals surface area contributed by atoms with E-state index >= 15 is 0 Å². The van der Waals surface area contributed by atoms with E-state index in [1.165, 1.54) is 69.7 Å². The summed E-state index contributed by atoms with van der Waals surface area (Å²) in [5, 5.41) is 7.58. The third-order valence-corrected chi connectivity index (χ3v) is 10.2. The molecular formula is C44H29NS. The Kier molecular flexibility index (Phi) is 6.40. The molecule has 0 fully saturated rings. The number of thiophene rings is 1. The summed E-state index contributed by atoms with van der Waals surface area (Å²) >= 11 is 1.87. The topological polar surface area (TPSA) is 3.24 Å². The van der Waals surface area contributed by atoms with E-state index < -0.39 is 0 Å². The normalized spacial score (nSPS) is 11.5. The van der Waals surface area contributed by atoms with Crippen LogP contribution in [-0.2, 0) is 0 Å². The molecule has 1 aromatic heterocycles. The molecule has 8 aromatic carbocycles. The van der Waals surface area contributed by atoms with Crippen LogP contribution >= 0.6 is 11.3 Å². The van der Waals surface area contributed by atoms with E-state index in [1.807, 2.05) is 11.3 Å². The van der Waals surface area contributed by atoms with Gasteiger partial charge in [0.1, 0.15) is 0 Å². The Morgan fingerprint density at radius 1 is 0.391 bits per heavy atom. The van der Waals surface area contributed by atoms with E-state index in [4.69, 9.17) is 0 Å². The van der Waals surface area contributed by atoms with Crippen LogP contribution in [0.25, 0.3) is 64.0 Å². The molecule has 1 nitrogen and oxygen atoms in total. The fraction of sp³-hybridized carbons (Fsp3) is 0. The molecular weight excluding hydrogens is 575 g/mol. The van der Waals surface area contributed by atoms with E-state index in [0.717, 1.165) is 11.4 Å². The first-order chi connectivity index (χ1) is 22.8. The molecule has 0 aliphatic heterocycles. The van der Waals surface area contributed by atoms with Gasteiger partial charge in [0.15, 0.2) is 0 Å². The Labute approximate surface area is 272 Å². The predicted molar refractivity (Wildman–Crippen MR) is 200 cm³/mol. The Morgan fingerprint density at radius 3 is 1.85 bits per heavy atom. The Balaban J connectivity index is 1.35. The predicted octanol–water partition coefficient (Wildman–Crippen LogP) is 13.2. The second kappa shape index (κ2) is 11.0. The van der Waals surface area contributed by atoms with Gasteiger partial charge in [0.25, 0.3) is 0 Å². The van der Waals surface area contributed by atoms with Crippen molar-refractivity contribution in [2.24, 2.45) is 0 Å². The van der Waals surface area contributed by atoms with Crippen molar-refractivity contribution in [1.82, 2.24) is 0 Å². The van der Waals surface area contributed by atoms with Gasteiger partial charge in [0.05, 0.1) is 11.4 Å². The Hall–Kier alpha value is -5.70. The molecule has 0 saturated heterocycles. The van der Waals surface area contributed by atoms with Gasteiger partial charge in [-0.1, -0.05) is 146 Å². The molecule has 216 valence electrons. The summed E-state index contributed by atoms with van der Waals surface area (Å²) in [4.78, 5) is 2.50. The van der Waals surface area contributed by atoms with Gasteiger partial charge >= 0.3 is 0 Å². The number of hydrogen-bond donors (Lipinski definition) is 0. The van der Waals surface area contributed by atoms with Gasteiger partial charge in [-0.15, -0.1) is 11.3 Å². The van der Waals surface area contributed by atoms with Crippen molar-refractivity contribution in [3.8, 4) is 22.3 Å². The summed E-state index contributed by atoms with van der Waals surface area (Å²) in [5.74, 6) is 0. The summed E-state index contributed by atoms with van der Waals surface area (Å²) in [6, 6.07) is 63.9. The largest absolute Gasteiger partial charge is 0.309 e. The number of rotatable bonds is 5. The number of nitrogens with zero attached hydrogens (tertiary/aromatic N) is 1. The standard InChI is InChI=1S/C44H29NS/c1-2-13-31(14-3-1)37-19-8-10-23-40(37)45(34-27-25-32(26-28-34)36-22-12-17-30-15-4-6-18-35(30)36)44-38-20-7-5-16-33(38)29-42-43(44)39-21-9-11-24-41(39)46-42/h1-29H. The summed E-state index contributed by atoms with van der Waals surface area (Å²) in [7, 11) is 0. The summed E-state index contributed by atoms with van der Waals surface area (Å²) in [5.41, 5.74) is 8.34. The van der Waals surface area contributed by atoms with Crippen molar-refractivity contribution in [1.29, 1.82) is 0 Å².